The summed E-state index contributed by atoms with van der Waals surface area (Å²) in [6.07, 6.45) is -0.344. The predicted octanol–water partition coefficient (Wildman–Crippen LogP) is 4.77. The van der Waals surface area contributed by atoms with Crippen LogP contribution < -0.4 is 4.74 Å². The molecule has 0 saturated carbocycles. The maximum atomic E-state index is 5.75. The molecule has 0 atom stereocenters. The third-order valence-corrected chi connectivity index (χ3v) is 4.16. The average Bonchev–Trinajstić information content (AvgIpc) is 3.03. The lowest BCUT2D eigenvalue weighted by Gasteiger charge is -2.17. The average molecular weight is 405 g/mol. The molecule has 0 aliphatic carbocycles. The van der Waals surface area contributed by atoms with E-state index in [1.165, 1.54) is 0 Å². The highest BCUT2D eigenvalue weighted by molar-refractivity contribution is 9.10. The van der Waals surface area contributed by atoms with Gasteiger partial charge in [0.2, 0.25) is 0 Å². The van der Waals surface area contributed by atoms with Gasteiger partial charge in [-0.3, -0.25) is 0 Å². The van der Waals surface area contributed by atoms with Crippen LogP contribution in [-0.2, 0) is 9.47 Å². The third kappa shape index (κ3) is 4.60. The maximum absolute atomic E-state index is 5.75. The summed E-state index contributed by atoms with van der Waals surface area (Å²) in [5.41, 5.74) is 2.95. The van der Waals surface area contributed by atoms with Crippen molar-refractivity contribution < 1.29 is 14.2 Å². The van der Waals surface area contributed by atoms with E-state index in [9.17, 15) is 0 Å². The Morgan fingerprint density at radius 2 is 1.76 bits per heavy atom. The van der Waals surface area contributed by atoms with E-state index in [1.54, 1.807) is 0 Å². The highest BCUT2D eigenvalue weighted by Crippen LogP contribution is 2.24. The Balaban J connectivity index is 1.68. The SMILES string of the molecule is CCOC(COc1ccc(-c2nc3ccc(Br)cc3[nH]2)cc1)OCC. The molecule has 0 fully saturated rings. The standard InChI is InChI=1S/C19H21BrN2O3/c1-3-23-18(24-4-2)12-25-15-8-5-13(6-9-15)19-21-16-10-7-14(20)11-17(16)22-19/h5-11,18H,3-4,12H2,1-2H3,(H,21,22). The molecule has 0 bridgehead atoms. The Morgan fingerprint density at radius 3 is 2.44 bits per heavy atom. The Kier molecular flexibility index (Phi) is 6.07. The number of nitrogens with one attached hydrogen (secondary N) is 1. The largest absolute Gasteiger partial charge is 0.488 e. The van der Waals surface area contributed by atoms with Crippen LogP contribution in [0.5, 0.6) is 5.75 Å². The first-order valence-electron chi connectivity index (χ1n) is 8.31. The molecule has 3 aromatic rings. The second-order valence-electron chi connectivity index (χ2n) is 5.42. The van der Waals surface area contributed by atoms with Gasteiger partial charge in [-0.05, 0) is 56.3 Å². The number of imidazole rings is 1. The Bertz CT molecular complexity index is 811. The van der Waals surface area contributed by atoms with Crippen LogP contribution in [0.1, 0.15) is 13.8 Å². The lowest BCUT2D eigenvalue weighted by Crippen LogP contribution is -2.25. The van der Waals surface area contributed by atoms with E-state index in [2.05, 4.69) is 25.9 Å². The number of fused-ring (bicyclic) bond motifs is 1. The van der Waals surface area contributed by atoms with Crippen molar-refractivity contribution in [2.75, 3.05) is 19.8 Å². The van der Waals surface area contributed by atoms with Crippen molar-refractivity contribution in [3.05, 3.63) is 46.9 Å². The molecule has 0 aliphatic heterocycles. The highest BCUT2D eigenvalue weighted by atomic mass is 79.9. The van der Waals surface area contributed by atoms with Crippen LogP contribution in [-0.4, -0.2) is 36.1 Å². The summed E-state index contributed by atoms with van der Waals surface area (Å²) in [7, 11) is 0. The molecule has 3 rings (SSSR count). The van der Waals surface area contributed by atoms with Crippen LogP contribution in [0.25, 0.3) is 22.4 Å². The van der Waals surface area contributed by atoms with Crippen LogP contribution in [0, 0.1) is 0 Å². The number of hydrogen-bond donors (Lipinski definition) is 1. The number of nitrogens with zero attached hydrogens (tertiary/aromatic N) is 1. The van der Waals surface area contributed by atoms with E-state index in [0.717, 1.165) is 32.6 Å². The van der Waals surface area contributed by atoms with Crippen molar-refractivity contribution in [2.24, 2.45) is 0 Å². The van der Waals surface area contributed by atoms with Gasteiger partial charge in [0.05, 0.1) is 11.0 Å². The molecule has 25 heavy (non-hydrogen) atoms. The van der Waals surface area contributed by atoms with Gasteiger partial charge < -0.3 is 19.2 Å². The molecular formula is C19H21BrN2O3. The highest BCUT2D eigenvalue weighted by Gasteiger charge is 2.10. The van der Waals surface area contributed by atoms with Gasteiger partial charge in [0.15, 0.2) is 6.29 Å². The zero-order valence-corrected chi connectivity index (χ0v) is 15.9. The van der Waals surface area contributed by atoms with Crippen molar-refractivity contribution in [3.8, 4) is 17.1 Å². The number of benzene rings is 2. The van der Waals surface area contributed by atoms with Crippen LogP contribution in [0.2, 0.25) is 0 Å². The van der Waals surface area contributed by atoms with Crippen molar-refractivity contribution in [2.45, 2.75) is 20.1 Å². The normalized spacial score (nSPS) is 11.4. The Morgan fingerprint density at radius 1 is 1.04 bits per heavy atom. The van der Waals surface area contributed by atoms with Crippen LogP contribution in [0.4, 0.5) is 0 Å². The zero-order valence-electron chi connectivity index (χ0n) is 14.3. The Labute approximate surface area is 155 Å². The molecule has 0 aliphatic rings. The first-order valence-corrected chi connectivity index (χ1v) is 9.10. The summed E-state index contributed by atoms with van der Waals surface area (Å²) in [5, 5.41) is 0. The fraction of sp³-hybridized carbons (Fsp3) is 0.316. The number of rotatable bonds is 8. The van der Waals surface area contributed by atoms with Crippen molar-refractivity contribution in [3.63, 3.8) is 0 Å². The van der Waals surface area contributed by atoms with E-state index in [0.29, 0.717) is 19.8 Å². The van der Waals surface area contributed by atoms with Gasteiger partial charge >= 0.3 is 0 Å². The first-order chi connectivity index (χ1) is 12.2. The number of H-pyrrole nitrogens is 1. The van der Waals surface area contributed by atoms with Gasteiger partial charge in [0.1, 0.15) is 18.2 Å². The zero-order chi connectivity index (χ0) is 17.6. The van der Waals surface area contributed by atoms with Crippen molar-refractivity contribution in [1.82, 2.24) is 9.97 Å². The first kappa shape index (κ1) is 17.9. The fourth-order valence-electron chi connectivity index (χ4n) is 2.51. The smallest absolute Gasteiger partial charge is 0.191 e. The van der Waals surface area contributed by atoms with E-state index in [4.69, 9.17) is 14.2 Å². The molecule has 0 amide bonds. The minimum atomic E-state index is -0.344. The van der Waals surface area contributed by atoms with Gasteiger partial charge in [-0.2, -0.15) is 0 Å². The fourth-order valence-corrected chi connectivity index (χ4v) is 2.87. The lowest BCUT2D eigenvalue weighted by molar-refractivity contribution is -0.152. The molecule has 1 aromatic heterocycles. The van der Waals surface area contributed by atoms with E-state index >= 15 is 0 Å². The number of ether oxygens (including phenoxy) is 3. The van der Waals surface area contributed by atoms with Gasteiger partial charge in [-0.25, -0.2) is 4.98 Å². The van der Waals surface area contributed by atoms with Crippen LogP contribution in [0.15, 0.2) is 46.9 Å². The Hall–Kier alpha value is -1.89. The summed E-state index contributed by atoms with van der Waals surface area (Å²) >= 11 is 3.47. The predicted molar refractivity (Wildman–Crippen MR) is 102 cm³/mol. The molecule has 5 nitrogen and oxygen atoms in total. The maximum Gasteiger partial charge on any atom is 0.191 e. The topological polar surface area (TPSA) is 56.4 Å². The second kappa shape index (κ2) is 8.47. The number of hydrogen-bond acceptors (Lipinski definition) is 4. The number of aromatic amines is 1. The molecule has 2 aromatic carbocycles. The monoisotopic (exact) mass is 404 g/mol. The van der Waals surface area contributed by atoms with Crippen molar-refractivity contribution >= 4 is 27.0 Å². The van der Waals surface area contributed by atoms with Gasteiger partial charge in [0.25, 0.3) is 0 Å². The molecule has 1 N–H and O–H groups in total. The van der Waals surface area contributed by atoms with Crippen LogP contribution >= 0.6 is 15.9 Å². The molecule has 6 heteroatoms. The van der Waals surface area contributed by atoms with Gasteiger partial charge in [-0.1, -0.05) is 15.9 Å². The minimum Gasteiger partial charge on any atom is -0.488 e. The quantitative estimate of drug-likeness (QED) is 0.549. The molecule has 0 spiro atoms. The number of aromatic nitrogens is 2. The lowest BCUT2D eigenvalue weighted by atomic mass is 10.2. The summed E-state index contributed by atoms with van der Waals surface area (Å²) in [6.45, 7) is 5.42. The van der Waals surface area contributed by atoms with Gasteiger partial charge in [0, 0.05) is 23.2 Å². The molecule has 0 unspecified atom stereocenters. The molecule has 132 valence electrons. The second-order valence-corrected chi connectivity index (χ2v) is 6.34. The minimum absolute atomic E-state index is 0.344. The number of halogens is 1. The van der Waals surface area contributed by atoms with Gasteiger partial charge in [-0.15, -0.1) is 0 Å². The third-order valence-electron chi connectivity index (χ3n) is 3.66. The van der Waals surface area contributed by atoms with E-state index in [1.807, 2.05) is 56.3 Å². The van der Waals surface area contributed by atoms with Crippen molar-refractivity contribution in [1.29, 1.82) is 0 Å². The summed E-state index contributed by atoms with van der Waals surface area (Å²) in [5.74, 6) is 1.60. The molecule has 0 saturated heterocycles. The molecule has 0 radical (unpaired) electrons. The van der Waals surface area contributed by atoms with E-state index in [-0.39, 0.29) is 6.29 Å². The molecule has 1 heterocycles. The summed E-state index contributed by atoms with van der Waals surface area (Å²) < 4.78 is 17.7. The summed E-state index contributed by atoms with van der Waals surface area (Å²) in [4.78, 5) is 7.95. The summed E-state index contributed by atoms with van der Waals surface area (Å²) in [6, 6.07) is 13.8. The van der Waals surface area contributed by atoms with Crippen LogP contribution in [0.3, 0.4) is 0 Å². The van der Waals surface area contributed by atoms with E-state index < -0.39 is 0 Å². The molecular weight excluding hydrogens is 384 g/mol.